The summed E-state index contributed by atoms with van der Waals surface area (Å²) in [6.07, 6.45) is 1.31. The quantitative estimate of drug-likeness (QED) is 0.659. The van der Waals surface area contributed by atoms with E-state index in [1.807, 2.05) is 18.2 Å². The van der Waals surface area contributed by atoms with Gasteiger partial charge in [-0.3, -0.25) is 4.79 Å². The van der Waals surface area contributed by atoms with Gasteiger partial charge in [0.1, 0.15) is 11.5 Å². The zero-order valence-electron chi connectivity index (χ0n) is 11.0. The third-order valence-corrected chi connectivity index (χ3v) is 2.73. The third-order valence-electron chi connectivity index (χ3n) is 2.50. The number of hydrogen-bond acceptors (Lipinski definition) is 4. The molecule has 0 radical (unpaired) electrons. The van der Waals surface area contributed by atoms with Crippen molar-refractivity contribution < 1.29 is 14.6 Å². The fraction of sp³-hybridized carbons (Fsp3) is 0.0667. The first-order valence-electron chi connectivity index (χ1n) is 6.13. The van der Waals surface area contributed by atoms with E-state index in [0.29, 0.717) is 16.3 Å². The number of hydrazone groups is 1. The predicted molar refractivity (Wildman–Crippen MR) is 80.8 cm³/mol. The number of halogens is 1. The number of rotatable bonds is 5. The van der Waals surface area contributed by atoms with E-state index in [-0.39, 0.29) is 12.4 Å². The van der Waals surface area contributed by atoms with Crippen molar-refractivity contribution in [3.8, 4) is 11.5 Å². The number of carbonyl (C=O) groups is 1. The molecule has 0 aliphatic heterocycles. The zero-order valence-corrected chi connectivity index (χ0v) is 11.7. The Kier molecular flexibility index (Phi) is 5.17. The minimum Gasteiger partial charge on any atom is -0.507 e. The number of amides is 1. The number of ether oxygens (including phenoxy) is 1. The smallest absolute Gasteiger partial charge is 0.277 e. The molecule has 2 aromatic rings. The van der Waals surface area contributed by atoms with E-state index in [9.17, 15) is 9.90 Å². The first-order chi connectivity index (χ1) is 10.1. The van der Waals surface area contributed by atoms with Crippen LogP contribution in [0.15, 0.2) is 53.6 Å². The lowest BCUT2D eigenvalue weighted by Gasteiger charge is -2.04. The molecule has 0 atom stereocenters. The van der Waals surface area contributed by atoms with Crippen LogP contribution >= 0.6 is 11.6 Å². The van der Waals surface area contributed by atoms with Gasteiger partial charge in [-0.15, -0.1) is 0 Å². The van der Waals surface area contributed by atoms with E-state index in [1.165, 1.54) is 18.3 Å². The first kappa shape index (κ1) is 14.9. The maximum Gasteiger partial charge on any atom is 0.277 e. The second-order valence-corrected chi connectivity index (χ2v) is 4.53. The lowest BCUT2D eigenvalue weighted by molar-refractivity contribution is -0.123. The average molecular weight is 305 g/mol. The molecule has 0 aromatic heterocycles. The Labute approximate surface area is 126 Å². The van der Waals surface area contributed by atoms with Crippen LogP contribution in [0.5, 0.6) is 11.5 Å². The molecule has 0 heterocycles. The molecule has 2 rings (SSSR count). The van der Waals surface area contributed by atoms with Crippen LogP contribution < -0.4 is 10.2 Å². The van der Waals surface area contributed by atoms with E-state index in [2.05, 4.69) is 10.5 Å². The molecule has 5 nitrogen and oxygen atoms in total. The molecule has 0 saturated carbocycles. The summed E-state index contributed by atoms with van der Waals surface area (Å²) in [4.78, 5) is 11.5. The van der Waals surface area contributed by atoms with E-state index in [0.717, 1.165) is 0 Å². The Morgan fingerprint density at radius 1 is 1.29 bits per heavy atom. The normalized spacial score (nSPS) is 10.5. The van der Waals surface area contributed by atoms with Gasteiger partial charge < -0.3 is 9.84 Å². The second kappa shape index (κ2) is 7.31. The third kappa shape index (κ3) is 4.81. The maximum atomic E-state index is 11.5. The molecule has 0 fully saturated rings. The summed E-state index contributed by atoms with van der Waals surface area (Å²) in [5.74, 6) is 0.221. The molecular weight excluding hydrogens is 292 g/mol. The second-order valence-electron chi connectivity index (χ2n) is 4.10. The van der Waals surface area contributed by atoms with Gasteiger partial charge in [-0.25, -0.2) is 5.43 Å². The van der Waals surface area contributed by atoms with Crippen LogP contribution in [-0.2, 0) is 4.79 Å². The molecule has 6 heteroatoms. The molecule has 2 N–H and O–H groups in total. The van der Waals surface area contributed by atoms with Crippen LogP contribution in [0, 0.1) is 0 Å². The van der Waals surface area contributed by atoms with Crippen LogP contribution in [0.3, 0.4) is 0 Å². The molecule has 2 aromatic carbocycles. The van der Waals surface area contributed by atoms with Crippen molar-refractivity contribution in [3.05, 3.63) is 59.1 Å². The predicted octanol–water partition coefficient (Wildman–Crippen LogP) is 2.57. The minimum absolute atomic E-state index is 0.0259. The molecular formula is C15H13ClN2O3. The molecule has 108 valence electrons. The number of hydrogen-bond donors (Lipinski definition) is 2. The van der Waals surface area contributed by atoms with Gasteiger partial charge in [-0.1, -0.05) is 29.8 Å². The maximum absolute atomic E-state index is 11.5. The fourth-order valence-corrected chi connectivity index (χ4v) is 1.68. The van der Waals surface area contributed by atoms with Crippen LogP contribution in [0.1, 0.15) is 5.56 Å². The minimum atomic E-state index is -0.406. The standard InChI is InChI=1S/C15H13ClN2O3/c16-12-6-7-14(19)11(8-12)9-17-18-15(20)10-21-13-4-2-1-3-5-13/h1-9,19H,10H2,(H,18,20)/b17-9-. The number of para-hydroxylation sites is 1. The highest BCUT2D eigenvalue weighted by Gasteiger charge is 2.02. The SMILES string of the molecule is O=C(COc1ccccc1)N/N=C\c1cc(Cl)ccc1O. The summed E-state index contributed by atoms with van der Waals surface area (Å²) in [5, 5.41) is 13.8. The largest absolute Gasteiger partial charge is 0.507 e. The van der Waals surface area contributed by atoms with Gasteiger partial charge in [0, 0.05) is 10.6 Å². The van der Waals surface area contributed by atoms with E-state index in [4.69, 9.17) is 16.3 Å². The van der Waals surface area contributed by atoms with Crippen molar-refractivity contribution in [2.24, 2.45) is 5.10 Å². The van der Waals surface area contributed by atoms with Crippen molar-refractivity contribution in [3.63, 3.8) is 0 Å². The van der Waals surface area contributed by atoms with Gasteiger partial charge in [-0.2, -0.15) is 5.10 Å². The van der Waals surface area contributed by atoms with Gasteiger partial charge in [0.25, 0.3) is 5.91 Å². The molecule has 0 bridgehead atoms. The monoisotopic (exact) mass is 304 g/mol. The Hall–Kier alpha value is -2.53. The van der Waals surface area contributed by atoms with Crippen molar-refractivity contribution in [1.82, 2.24) is 5.43 Å². The molecule has 21 heavy (non-hydrogen) atoms. The number of phenolic OH excluding ortho intramolecular Hbond substituents is 1. The van der Waals surface area contributed by atoms with Crippen LogP contribution in [-0.4, -0.2) is 23.8 Å². The summed E-state index contributed by atoms with van der Waals surface area (Å²) in [7, 11) is 0. The highest BCUT2D eigenvalue weighted by atomic mass is 35.5. The average Bonchev–Trinajstić information content (AvgIpc) is 2.50. The molecule has 1 amide bonds. The van der Waals surface area contributed by atoms with E-state index >= 15 is 0 Å². The fourth-order valence-electron chi connectivity index (χ4n) is 1.50. The molecule has 0 unspecified atom stereocenters. The number of nitrogens with one attached hydrogen (secondary N) is 1. The Morgan fingerprint density at radius 2 is 2.05 bits per heavy atom. The topological polar surface area (TPSA) is 70.9 Å². The molecule has 0 spiro atoms. The number of aromatic hydroxyl groups is 1. The summed E-state index contributed by atoms with van der Waals surface area (Å²) in [6, 6.07) is 13.5. The number of benzene rings is 2. The Bertz CT molecular complexity index is 645. The van der Waals surface area contributed by atoms with Gasteiger partial charge in [0.05, 0.1) is 6.21 Å². The van der Waals surface area contributed by atoms with Gasteiger partial charge in [0.2, 0.25) is 0 Å². The highest BCUT2D eigenvalue weighted by molar-refractivity contribution is 6.30. The number of carbonyl (C=O) groups excluding carboxylic acids is 1. The molecule has 0 saturated heterocycles. The van der Waals surface area contributed by atoms with E-state index < -0.39 is 5.91 Å². The Morgan fingerprint density at radius 3 is 2.81 bits per heavy atom. The summed E-state index contributed by atoms with van der Waals surface area (Å²) >= 11 is 5.80. The van der Waals surface area contributed by atoms with Gasteiger partial charge >= 0.3 is 0 Å². The van der Waals surface area contributed by atoms with Gasteiger partial charge in [-0.05, 0) is 30.3 Å². The molecule has 0 aliphatic carbocycles. The van der Waals surface area contributed by atoms with E-state index in [1.54, 1.807) is 18.2 Å². The Balaban J connectivity index is 1.83. The van der Waals surface area contributed by atoms with Crippen LogP contribution in [0.25, 0.3) is 0 Å². The number of phenols is 1. The van der Waals surface area contributed by atoms with Gasteiger partial charge in [0.15, 0.2) is 6.61 Å². The van der Waals surface area contributed by atoms with Crippen LogP contribution in [0.4, 0.5) is 0 Å². The van der Waals surface area contributed by atoms with Crippen molar-refractivity contribution in [1.29, 1.82) is 0 Å². The summed E-state index contributed by atoms with van der Waals surface area (Å²) in [5.41, 5.74) is 2.71. The van der Waals surface area contributed by atoms with Crippen molar-refractivity contribution in [2.75, 3.05) is 6.61 Å². The van der Waals surface area contributed by atoms with Crippen molar-refractivity contribution in [2.45, 2.75) is 0 Å². The summed E-state index contributed by atoms with van der Waals surface area (Å²) < 4.78 is 5.26. The van der Waals surface area contributed by atoms with Crippen LogP contribution in [0.2, 0.25) is 5.02 Å². The summed E-state index contributed by atoms with van der Waals surface area (Å²) in [6.45, 7) is -0.150. The zero-order chi connectivity index (χ0) is 15.1. The molecule has 0 aliphatic rings. The number of nitrogens with zero attached hydrogens (tertiary/aromatic N) is 1. The lowest BCUT2D eigenvalue weighted by Crippen LogP contribution is -2.24. The lowest BCUT2D eigenvalue weighted by atomic mass is 10.2. The van der Waals surface area contributed by atoms with Crippen molar-refractivity contribution >= 4 is 23.7 Å². The first-order valence-corrected chi connectivity index (χ1v) is 6.51. The highest BCUT2D eigenvalue weighted by Crippen LogP contribution is 2.19.